The van der Waals surface area contributed by atoms with Gasteiger partial charge in [0.1, 0.15) is 5.52 Å². The van der Waals surface area contributed by atoms with Crippen LogP contribution in [-0.4, -0.2) is 50.7 Å². The van der Waals surface area contributed by atoms with Gasteiger partial charge >= 0.3 is 0 Å². The highest BCUT2D eigenvalue weighted by molar-refractivity contribution is 6.14. The first-order valence-electron chi connectivity index (χ1n) is 10.7. The van der Waals surface area contributed by atoms with Crippen molar-refractivity contribution in [1.29, 1.82) is 0 Å². The van der Waals surface area contributed by atoms with Crippen molar-refractivity contribution in [3.8, 4) is 0 Å². The third kappa shape index (κ3) is 3.38. The van der Waals surface area contributed by atoms with Crippen molar-refractivity contribution in [2.75, 3.05) is 23.8 Å². The molecule has 1 fully saturated rings. The van der Waals surface area contributed by atoms with Gasteiger partial charge in [-0.15, -0.1) is 0 Å². The maximum atomic E-state index is 14.4. The van der Waals surface area contributed by atoms with Gasteiger partial charge in [-0.05, 0) is 39.4 Å². The number of fused-ring (bicyclic) bond motifs is 2. The van der Waals surface area contributed by atoms with Crippen LogP contribution in [0, 0.1) is 12.7 Å². The molecule has 1 saturated heterocycles. The second kappa shape index (κ2) is 7.59. The summed E-state index contributed by atoms with van der Waals surface area (Å²) in [6.45, 7) is 4.91. The molecule has 2 N–H and O–H groups in total. The number of nitrogens with zero attached hydrogens (tertiary/aromatic N) is 5. The van der Waals surface area contributed by atoms with Crippen molar-refractivity contribution in [2.24, 2.45) is 7.05 Å². The van der Waals surface area contributed by atoms with E-state index >= 15 is 0 Å². The quantitative estimate of drug-likeness (QED) is 0.515. The minimum Gasteiger partial charge on any atom is -0.367 e. The minimum atomic E-state index is -0.490. The molecule has 1 amide bonds. The molecule has 1 aliphatic heterocycles. The number of nitrogens with one attached hydrogen (secondary N) is 2. The zero-order chi connectivity index (χ0) is 22.6. The molecule has 3 aromatic heterocycles. The van der Waals surface area contributed by atoms with Gasteiger partial charge in [0.25, 0.3) is 5.91 Å². The maximum Gasteiger partial charge on any atom is 0.257 e. The van der Waals surface area contributed by atoms with E-state index in [0.717, 1.165) is 24.0 Å². The van der Waals surface area contributed by atoms with E-state index in [-0.39, 0.29) is 11.6 Å². The van der Waals surface area contributed by atoms with Gasteiger partial charge in [-0.25, -0.2) is 9.37 Å². The Bertz CT molecular complexity index is 1340. The number of likely N-dealkylation sites (N-methyl/N-ethyl adjacent to an activating group) is 1. The van der Waals surface area contributed by atoms with Crippen molar-refractivity contribution in [1.82, 2.24) is 24.5 Å². The fourth-order valence-corrected chi connectivity index (χ4v) is 4.66. The summed E-state index contributed by atoms with van der Waals surface area (Å²) in [6.07, 6.45) is 6.38. The fourth-order valence-electron chi connectivity index (χ4n) is 4.66. The van der Waals surface area contributed by atoms with E-state index < -0.39 is 5.82 Å². The van der Waals surface area contributed by atoms with E-state index in [1.165, 1.54) is 6.07 Å². The van der Waals surface area contributed by atoms with Crippen molar-refractivity contribution in [2.45, 2.75) is 32.4 Å². The van der Waals surface area contributed by atoms with E-state index in [0.29, 0.717) is 34.5 Å². The maximum absolute atomic E-state index is 14.4. The molecule has 0 spiro atoms. The van der Waals surface area contributed by atoms with E-state index in [4.69, 9.17) is 0 Å². The van der Waals surface area contributed by atoms with Crippen LogP contribution in [0.4, 0.5) is 15.8 Å². The molecule has 0 radical (unpaired) electrons. The number of imidazole rings is 1. The molecular formula is C23H26FN7O. The second-order valence-corrected chi connectivity index (χ2v) is 8.56. The van der Waals surface area contributed by atoms with Crippen molar-refractivity contribution in [3.63, 3.8) is 0 Å². The van der Waals surface area contributed by atoms with Crippen LogP contribution < -0.4 is 15.5 Å². The lowest BCUT2D eigenvalue weighted by molar-refractivity contribution is 0.102. The van der Waals surface area contributed by atoms with Gasteiger partial charge in [-0.2, -0.15) is 5.10 Å². The summed E-state index contributed by atoms with van der Waals surface area (Å²) in [5.74, 6) is -0.824. The molecule has 0 saturated carbocycles. The highest BCUT2D eigenvalue weighted by Crippen LogP contribution is 2.34. The Morgan fingerprint density at radius 1 is 1.25 bits per heavy atom. The third-order valence-corrected chi connectivity index (χ3v) is 6.19. The van der Waals surface area contributed by atoms with Crippen LogP contribution in [0.1, 0.15) is 29.4 Å². The predicted octanol–water partition coefficient (Wildman–Crippen LogP) is 3.11. The zero-order valence-corrected chi connectivity index (χ0v) is 18.6. The predicted molar refractivity (Wildman–Crippen MR) is 123 cm³/mol. The Morgan fingerprint density at radius 3 is 2.81 bits per heavy atom. The lowest BCUT2D eigenvalue weighted by Gasteiger charge is -2.25. The molecule has 0 unspecified atom stereocenters. The Labute approximate surface area is 185 Å². The number of benzene rings is 1. The zero-order valence-electron chi connectivity index (χ0n) is 18.6. The molecular weight excluding hydrogens is 409 g/mol. The molecule has 166 valence electrons. The molecule has 32 heavy (non-hydrogen) atoms. The van der Waals surface area contributed by atoms with Gasteiger partial charge < -0.3 is 19.9 Å². The average Bonchev–Trinajstić information content (AvgIpc) is 3.42. The van der Waals surface area contributed by atoms with Gasteiger partial charge in [0.2, 0.25) is 0 Å². The number of hydrogen-bond donors (Lipinski definition) is 2. The highest BCUT2D eigenvalue weighted by atomic mass is 19.1. The summed E-state index contributed by atoms with van der Waals surface area (Å²) < 4.78 is 17.7. The van der Waals surface area contributed by atoms with Crippen molar-refractivity contribution in [3.05, 3.63) is 53.9 Å². The Hall–Kier alpha value is -3.46. The smallest absolute Gasteiger partial charge is 0.257 e. The van der Waals surface area contributed by atoms with E-state index in [1.54, 1.807) is 34.5 Å². The van der Waals surface area contributed by atoms with Gasteiger partial charge in [0.05, 0.1) is 16.9 Å². The lowest BCUT2D eigenvalue weighted by atomic mass is 10.1. The number of aromatic nitrogens is 4. The standard InChI is InChI=1S/C23H26FN7O/c1-13-9-30-10-16(8-19(24)22(30)26-13)27-23(32)17-5-6-20(18-12-29(4)28-21(17)18)31-11-15(25-3)7-14(31)2/h5-6,8-10,12,14-15,25H,7,11H2,1-4H3,(H,27,32)/t14-,15-/m0/s1. The molecule has 1 aromatic carbocycles. The summed E-state index contributed by atoms with van der Waals surface area (Å²) in [5, 5.41) is 11.7. The number of aryl methyl sites for hydroxylation is 2. The van der Waals surface area contributed by atoms with Crippen LogP contribution >= 0.6 is 0 Å². The number of pyridine rings is 1. The first-order chi connectivity index (χ1) is 15.3. The van der Waals surface area contributed by atoms with Gasteiger partial charge in [0, 0.05) is 61.4 Å². The van der Waals surface area contributed by atoms with E-state index in [9.17, 15) is 9.18 Å². The van der Waals surface area contributed by atoms with Crippen LogP contribution in [0.25, 0.3) is 16.6 Å². The van der Waals surface area contributed by atoms with Crippen LogP contribution in [0.15, 0.2) is 36.8 Å². The molecule has 8 nitrogen and oxygen atoms in total. The summed E-state index contributed by atoms with van der Waals surface area (Å²) >= 11 is 0. The average molecular weight is 436 g/mol. The number of hydrogen-bond acceptors (Lipinski definition) is 5. The summed E-state index contributed by atoms with van der Waals surface area (Å²) in [7, 11) is 3.83. The molecule has 0 aliphatic carbocycles. The minimum absolute atomic E-state index is 0.233. The normalized spacial score (nSPS) is 18.7. The Kier molecular flexibility index (Phi) is 4.85. The number of amides is 1. The SMILES string of the molecule is CN[C@H]1C[C@H](C)N(c2ccc(C(=O)Nc3cc(F)c4nc(C)cn4c3)c3nn(C)cc23)C1. The van der Waals surface area contributed by atoms with Crippen molar-refractivity contribution < 1.29 is 9.18 Å². The fraction of sp³-hybridized carbons (Fsp3) is 0.348. The monoisotopic (exact) mass is 435 g/mol. The number of anilines is 2. The van der Waals surface area contributed by atoms with Crippen molar-refractivity contribution >= 4 is 33.8 Å². The van der Waals surface area contributed by atoms with Crippen LogP contribution in [-0.2, 0) is 7.05 Å². The molecule has 5 rings (SSSR count). The second-order valence-electron chi connectivity index (χ2n) is 8.56. The molecule has 2 atom stereocenters. The Morgan fingerprint density at radius 2 is 2.06 bits per heavy atom. The number of halogens is 1. The van der Waals surface area contributed by atoms with E-state index in [2.05, 4.69) is 32.5 Å². The number of carbonyl (C=O) groups excluding carboxylic acids is 1. The molecule has 1 aliphatic rings. The van der Waals surface area contributed by atoms with Gasteiger partial charge in [-0.3, -0.25) is 9.48 Å². The van der Waals surface area contributed by atoms with E-state index in [1.807, 2.05) is 26.4 Å². The summed E-state index contributed by atoms with van der Waals surface area (Å²) in [4.78, 5) is 19.7. The molecule has 0 bridgehead atoms. The first kappa shape index (κ1) is 20.4. The number of rotatable bonds is 4. The van der Waals surface area contributed by atoms with Crippen LogP contribution in [0.5, 0.6) is 0 Å². The van der Waals surface area contributed by atoms with Crippen LogP contribution in [0.2, 0.25) is 0 Å². The van der Waals surface area contributed by atoms with Gasteiger partial charge in [0.15, 0.2) is 11.5 Å². The molecule has 4 heterocycles. The molecule has 9 heteroatoms. The molecule has 4 aromatic rings. The lowest BCUT2D eigenvalue weighted by Crippen LogP contribution is -2.31. The third-order valence-electron chi connectivity index (χ3n) is 6.19. The highest BCUT2D eigenvalue weighted by Gasteiger charge is 2.30. The number of carbonyl (C=O) groups is 1. The largest absolute Gasteiger partial charge is 0.367 e. The van der Waals surface area contributed by atoms with Crippen LogP contribution in [0.3, 0.4) is 0 Å². The Balaban J connectivity index is 1.50. The first-order valence-corrected chi connectivity index (χ1v) is 10.7. The topological polar surface area (TPSA) is 79.5 Å². The summed E-state index contributed by atoms with van der Waals surface area (Å²) in [5.41, 5.74) is 3.43. The summed E-state index contributed by atoms with van der Waals surface area (Å²) in [6, 6.07) is 5.87. The van der Waals surface area contributed by atoms with Gasteiger partial charge in [-0.1, -0.05) is 0 Å².